The summed E-state index contributed by atoms with van der Waals surface area (Å²) in [6.45, 7) is 5.43. The molecule has 0 bridgehead atoms. The lowest BCUT2D eigenvalue weighted by Gasteiger charge is -2.31. The SMILES string of the molecule is CCCNC(=O)[C@@H](Cc1ccccc1)N(Cc1ccc(Br)cc1)C(=O)CCCOc1ccc(C)cc1. The van der Waals surface area contributed by atoms with Crippen LogP contribution in [0.4, 0.5) is 0 Å². The summed E-state index contributed by atoms with van der Waals surface area (Å²) in [5, 5.41) is 3.01. The fraction of sp³-hybridized carbons (Fsp3) is 0.333. The van der Waals surface area contributed by atoms with Crippen LogP contribution in [0.1, 0.15) is 42.9 Å². The van der Waals surface area contributed by atoms with Gasteiger partial charge in [-0.3, -0.25) is 9.59 Å². The number of benzene rings is 3. The van der Waals surface area contributed by atoms with Gasteiger partial charge in [0.25, 0.3) is 0 Å². The van der Waals surface area contributed by atoms with E-state index in [0.717, 1.165) is 27.8 Å². The molecule has 3 aromatic rings. The number of carbonyl (C=O) groups excluding carboxylic acids is 2. The first kappa shape index (κ1) is 27.5. The Balaban J connectivity index is 1.76. The second-order valence-electron chi connectivity index (χ2n) is 8.91. The zero-order chi connectivity index (χ0) is 25.8. The Bertz CT molecular complexity index is 1090. The normalized spacial score (nSPS) is 11.5. The maximum absolute atomic E-state index is 13.6. The van der Waals surface area contributed by atoms with Crippen molar-refractivity contribution in [1.29, 1.82) is 0 Å². The van der Waals surface area contributed by atoms with E-state index < -0.39 is 6.04 Å². The lowest BCUT2D eigenvalue weighted by Crippen LogP contribution is -2.50. The molecule has 0 saturated heterocycles. The summed E-state index contributed by atoms with van der Waals surface area (Å²) in [7, 11) is 0. The van der Waals surface area contributed by atoms with Gasteiger partial charge in [-0.25, -0.2) is 0 Å². The number of amides is 2. The highest BCUT2D eigenvalue weighted by molar-refractivity contribution is 9.10. The van der Waals surface area contributed by atoms with Crippen LogP contribution in [0.5, 0.6) is 5.75 Å². The summed E-state index contributed by atoms with van der Waals surface area (Å²) < 4.78 is 6.80. The molecule has 0 aliphatic heterocycles. The van der Waals surface area contributed by atoms with Gasteiger partial charge in [0.1, 0.15) is 11.8 Å². The van der Waals surface area contributed by atoms with E-state index in [-0.39, 0.29) is 11.8 Å². The van der Waals surface area contributed by atoms with Crippen LogP contribution in [0.3, 0.4) is 0 Å². The number of nitrogens with one attached hydrogen (secondary N) is 1. The topological polar surface area (TPSA) is 58.6 Å². The van der Waals surface area contributed by atoms with E-state index in [0.29, 0.717) is 39.0 Å². The average Bonchev–Trinajstić information content (AvgIpc) is 2.89. The van der Waals surface area contributed by atoms with Crippen molar-refractivity contribution in [1.82, 2.24) is 10.2 Å². The zero-order valence-electron chi connectivity index (χ0n) is 21.1. The second-order valence-corrected chi connectivity index (χ2v) is 9.83. The highest BCUT2D eigenvalue weighted by Gasteiger charge is 2.30. The van der Waals surface area contributed by atoms with E-state index in [9.17, 15) is 9.59 Å². The van der Waals surface area contributed by atoms with Crippen molar-refractivity contribution in [2.75, 3.05) is 13.2 Å². The first-order valence-corrected chi connectivity index (χ1v) is 13.3. The van der Waals surface area contributed by atoms with Crippen LogP contribution in [0.2, 0.25) is 0 Å². The maximum atomic E-state index is 13.6. The molecule has 6 heteroatoms. The molecule has 1 N–H and O–H groups in total. The Morgan fingerprint density at radius 3 is 2.31 bits per heavy atom. The van der Waals surface area contributed by atoms with E-state index in [4.69, 9.17) is 4.74 Å². The van der Waals surface area contributed by atoms with Crippen molar-refractivity contribution >= 4 is 27.7 Å². The van der Waals surface area contributed by atoms with Crippen molar-refractivity contribution in [2.45, 2.75) is 52.1 Å². The molecule has 2 amide bonds. The number of hydrogen-bond donors (Lipinski definition) is 1. The molecule has 0 fully saturated rings. The summed E-state index contributed by atoms with van der Waals surface area (Å²) in [6.07, 6.45) is 2.16. The van der Waals surface area contributed by atoms with Gasteiger partial charge in [-0.05, 0) is 55.2 Å². The molecule has 0 radical (unpaired) electrons. The Morgan fingerprint density at radius 2 is 1.64 bits per heavy atom. The first-order valence-electron chi connectivity index (χ1n) is 12.5. The van der Waals surface area contributed by atoms with Gasteiger partial charge in [-0.15, -0.1) is 0 Å². The van der Waals surface area contributed by atoms with Gasteiger partial charge in [0.2, 0.25) is 11.8 Å². The Hall–Kier alpha value is -3.12. The van der Waals surface area contributed by atoms with E-state index in [1.54, 1.807) is 4.90 Å². The average molecular weight is 552 g/mol. The number of hydrogen-bond acceptors (Lipinski definition) is 3. The van der Waals surface area contributed by atoms with Gasteiger partial charge < -0.3 is 15.0 Å². The highest BCUT2D eigenvalue weighted by Crippen LogP contribution is 2.19. The van der Waals surface area contributed by atoms with Gasteiger partial charge in [0, 0.05) is 30.4 Å². The minimum atomic E-state index is -0.604. The maximum Gasteiger partial charge on any atom is 0.243 e. The quantitative estimate of drug-likeness (QED) is 0.262. The summed E-state index contributed by atoms with van der Waals surface area (Å²) >= 11 is 3.47. The van der Waals surface area contributed by atoms with Crippen molar-refractivity contribution in [2.24, 2.45) is 0 Å². The van der Waals surface area contributed by atoms with Crippen molar-refractivity contribution in [3.8, 4) is 5.75 Å². The van der Waals surface area contributed by atoms with Crippen LogP contribution in [-0.4, -0.2) is 35.9 Å². The molecular formula is C30H35BrN2O3. The lowest BCUT2D eigenvalue weighted by atomic mass is 10.0. The van der Waals surface area contributed by atoms with Crippen molar-refractivity contribution in [3.05, 3.63) is 100 Å². The number of ether oxygens (including phenoxy) is 1. The van der Waals surface area contributed by atoms with Gasteiger partial charge in [-0.2, -0.15) is 0 Å². The van der Waals surface area contributed by atoms with Crippen LogP contribution in [0.25, 0.3) is 0 Å². The molecule has 0 unspecified atom stereocenters. The van der Waals surface area contributed by atoms with Crippen LogP contribution in [0.15, 0.2) is 83.3 Å². The van der Waals surface area contributed by atoms with Gasteiger partial charge in [0.15, 0.2) is 0 Å². The van der Waals surface area contributed by atoms with Gasteiger partial charge in [-0.1, -0.05) is 83.0 Å². The summed E-state index contributed by atoms with van der Waals surface area (Å²) in [5.74, 6) is 0.612. The second kappa shape index (κ2) is 14.4. The molecule has 0 aromatic heterocycles. The highest BCUT2D eigenvalue weighted by atomic mass is 79.9. The number of carbonyl (C=O) groups is 2. The smallest absolute Gasteiger partial charge is 0.243 e. The third-order valence-corrected chi connectivity index (χ3v) is 6.44. The molecule has 5 nitrogen and oxygen atoms in total. The van der Waals surface area contributed by atoms with Crippen LogP contribution in [-0.2, 0) is 22.6 Å². The molecule has 1 atom stereocenters. The predicted octanol–water partition coefficient (Wildman–Crippen LogP) is 6.08. The monoisotopic (exact) mass is 550 g/mol. The molecule has 190 valence electrons. The Labute approximate surface area is 223 Å². The van der Waals surface area contributed by atoms with Gasteiger partial charge >= 0.3 is 0 Å². The number of aryl methyl sites for hydroxylation is 1. The largest absolute Gasteiger partial charge is 0.494 e. The van der Waals surface area contributed by atoms with E-state index in [1.165, 1.54) is 5.56 Å². The number of rotatable bonds is 13. The van der Waals surface area contributed by atoms with Crippen LogP contribution >= 0.6 is 15.9 Å². The Morgan fingerprint density at radius 1 is 0.944 bits per heavy atom. The van der Waals surface area contributed by atoms with Crippen molar-refractivity contribution in [3.63, 3.8) is 0 Å². The minimum absolute atomic E-state index is 0.0574. The number of halogens is 1. The zero-order valence-corrected chi connectivity index (χ0v) is 22.7. The molecule has 0 aliphatic rings. The third kappa shape index (κ3) is 8.83. The van der Waals surface area contributed by atoms with E-state index in [1.807, 2.05) is 92.7 Å². The molecule has 0 aliphatic carbocycles. The molecule has 0 heterocycles. The van der Waals surface area contributed by atoms with Crippen LogP contribution in [0, 0.1) is 6.92 Å². The molecule has 0 saturated carbocycles. The summed E-state index contributed by atoms with van der Waals surface area (Å²) in [5.41, 5.74) is 3.17. The fourth-order valence-corrected chi connectivity index (χ4v) is 4.16. The van der Waals surface area contributed by atoms with Gasteiger partial charge in [0.05, 0.1) is 6.61 Å². The molecule has 36 heavy (non-hydrogen) atoms. The first-order chi connectivity index (χ1) is 17.5. The molecule has 3 rings (SSSR count). The Kier molecular flexibility index (Phi) is 11.0. The summed E-state index contributed by atoms with van der Waals surface area (Å²) in [4.78, 5) is 28.6. The third-order valence-electron chi connectivity index (χ3n) is 5.91. The molecular weight excluding hydrogens is 516 g/mol. The van der Waals surface area contributed by atoms with E-state index >= 15 is 0 Å². The predicted molar refractivity (Wildman–Crippen MR) is 148 cm³/mol. The molecule has 0 spiro atoms. The standard InChI is InChI=1S/C30H35BrN2O3/c1-3-19-32-30(35)28(21-24-8-5-4-6-9-24)33(22-25-13-15-26(31)16-14-25)29(34)10-7-20-36-27-17-11-23(2)12-18-27/h4-6,8-9,11-18,28H,3,7,10,19-22H2,1-2H3,(H,32,35)/t28-/m1/s1. The molecule has 3 aromatic carbocycles. The van der Waals surface area contributed by atoms with E-state index in [2.05, 4.69) is 21.2 Å². The fourth-order valence-electron chi connectivity index (χ4n) is 3.90. The minimum Gasteiger partial charge on any atom is -0.494 e. The number of nitrogens with zero attached hydrogens (tertiary/aromatic N) is 1. The van der Waals surface area contributed by atoms with Crippen molar-refractivity contribution < 1.29 is 14.3 Å². The van der Waals surface area contributed by atoms with Crippen LogP contribution < -0.4 is 10.1 Å². The lowest BCUT2D eigenvalue weighted by molar-refractivity contribution is -0.141. The summed E-state index contributed by atoms with van der Waals surface area (Å²) in [6, 6.07) is 25.0.